The summed E-state index contributed by atoms with van der Waals surface area (Å²) in [6.07, 6.45) is 4.17. The average Bonchev–Trinajstić information content (AvgIpc) is 3.23. The summed E-state index contributed by atoms with van der Waals surface area (Å²) >= 11 is 1.32. The molecule has 0 bridgehead atoms. The maximum Gasteiger partial charge on any atom is 0.263 e. The fourth-order valence-corrected chi connectivity index (χ4v) is 5.09. The third-order valence-corrected chi connectivity index (χ3v) is 6.96. The van der Waals surface area contributed by atoms with Crippen molar-refractivity contribution in [2.75, 3.05) is 25.4 Å². The molecule has 1 aliphatic heterocycles. The molecule has 170 valence electrons. The Labute approximate surface area is 191 Å². The lowest BCUT2D eigenvalue weighted by Crippen LogP contribution is -2.46. The molecule has 1 aromatic carbocycles. The number of rotatable bonds is 8. The predicted molar refractivity (Wildman–Crippen MR) is 128 cm³/mol. The van der Waals surface area contributed by atoms with E-state index in [2.05, 4.69) is 40.8 Å². The number of para-hydroxylation sites is 1. The van der Waals surface area contributed by atoms with Gasteiger partial charge >= 0.3 is 0 Å². The van der Waals surface area contributed by atoms with Crippen molar-refractivity contribution in [3.05, 3.63) is 47.3 Å². The maximum atomic E-state index is 12.9. The van der Waals surface area contributed by atoms with E-state index in [1.54, 1.807) is 16.7 Å². The zero-order chi connectivity index (χ0) is 22.7. The number of hydrogen-bond acceptors (Lipinski definition) is 6. The molecule has 2 unspecified atom stereocenters. The highest BCUT2D eigenvalue weighted by Crippen LogP contribution is 2.22. The lowest BCUT2D eigenvalue weighted by atomic mass is 9.99. The highest BCUT2D eigenvalue weighted by atomic mass is 32.2. The summed E-state index contributed by atoms with van der Waals surface area (Å²) in [4.78, 5) is 27.9. The lowest BCUT2D eigenvalue weighted by Gasteiger charge is -2.35. The van der Waals surface area contributed by atoms with Gasteiger partial charge in [-0.15, -0.1) is 16.8 Å². The number of hydrogen-bond donors (Lipinski definition) is 1. The maximum absolute atomic E-state index is 12.9. The van der Waals surface area contributed by atoms with Crippen LogP contribution in [0.3, 0.4) is 0 Å². The van der Waals surface area contributed by atoms with E-state index in [4.69, 9.17) is 0 Å². The van der Waals surface area contributed by atoms with Gasteiger partial charge < -0.3 is 5.32 Å². The quantitative estimate of drug-likeness (QED) is 0.416. The van der Waals surface area contributed by atoms with Gasteiger partial charge in [-0.05, 0) is 44.4 Å². The Morgan fingerprint density at radius 2 is 2.19 bits per heavy atom. The number of nitrogens with zero attached hydrogens (tertiary/aromatic N) is 5. The summed E-state index contributed by atoms with van der Waals surface area (Å²) in [7, 11) is 0. The van der Waals surface area contributed by atoms with Crippen LogP contribution in [0.2, 0.25) is 0 Å². The van der Waals surface area contributed by atoms with Gasteiger partial charge in [-0.2, -0.15) is 0 Å². The Kier molecular flexibility index (Phi) is 6.95. The molecule has 0 aliphatic carbocycles. The van der Waals surface area contributed by atoms with Gasteiger partial charge in [0.1, 0.15) is 0 Å². The summed E-state index contributed by atoms with van der Waals surface area (Å²) in [5.41, 5.74) is 0.601. The first kappa shape index (κ1) is 22.5. The van der Waals surface area contributed by atoms with Crippen LogP contribution in [0.4, 0.5) is 0 Å². The van der Waals surface area contributed by atoms with Gasteiger partial charge in [-0.1, -0.05) is 36.9 Å². The number of nitrogens with one attached hydrogen (secondary N) is 1. The summed E-state index contributed by atoms with van der Waals surface area (Å²) < 4.78 is 3.39. The van der Waals surface area contributed by atoms with Crippen molar-refractivity contribution in [2.24, 2.45) is 5.92 Å². The normalized spacial score (nSPS) is 18.1. The van der Waals surface area contributed by atoms with E-state index in [0.717, 1.165) is 18.6 Å². The number of likely N-dealkylation sites (tertiary alicyclic amines) is 1. The van der Waals surface area contributed by atoms with Crippen LogP contribution >= 0.6 is 11.8 Å². The monoisotopic (exact) mass is 454 g/mol. The highest BCUT2D eigenvalue weighted by molar-refractivity contribution is 7.99. The van der Waals surface area contributed by atoms with E-state index in [0.29, 0.717) is 41.4 Å². The smallest absolute Gasteiger partial charge is 0.263 e. The number of allylic oxidation sites excluding steroid dienone is 1. The number of carbonyl (C=O) groups excluding carboxylic acids is 1. The standard InChI is InChI=1S/C23H30N6O2S/c1-4-11-28-21(31)18-9-5-6-10-19(18)29-22(28)25-26-23(29)32-15-20(30)24-13-17(3)27-12-7-8-16(2)14-27/h4-6,9-10,16-17H,1,7-8,11-15H2,2-3H3,(H,24,30). The lowest BCUT2D eigenvalue weighted by molar-refractivity contribution is -0.118. The SMILES string of the molecule is C=CCn1c(=O)c2ccccc2n2c(SCC(=O)NCC(C)N3CCCC(C)C3)nnc12. The van der Waals surface area contributed by atoms with Crippen molar-refractivity contribution in [3.63, 3.8) is 0 Å². The van der Waals surface area contributed by atoms with E-state index < -0.39 is 0 Å². The van der Waals surface area contributed by atoms with E-state index in [1.165, 1.54) is 24.6 Å². The minimum absolute atomic E-state index is 0.0348. The van der Waals surface area contributed by atoms with Gasteiger partial charge in [0, 0.05) is 25.7 Å². The van der Waals surface area contributed by atoms with Crippen molar-refractivity contribution in [1.29, 1.82) is 0 Å². The summed E-state index contributed by atoms with van der Waals surface area (Å²) in [5.74, 6) is 1.36. The second kappa shape index (κ2) is 9.87. The molecule has 32 heavy (non-hydrogen) atoms. The second-order valence-corrected chi connectivity index (χ2v) is 9.47. The Bertz CT molecular complexity index is 1190. The van der Waals surface area contributed by atoms with E-state index in [-0.39, 0.29) is 17.2 Å². The van der Waals surface area contributed by atoms with Gasteiger partial charge in [0.15, 0.2) is 5.16 Å². The van der Waals surface area contributed by atoms with Crippen molar-refractivity contribution in [3.8, 4) is 0 Å². The molecule has 1 amide bonds. The molecule has 3 heterocycles. The van der Waals surface area contributed by atoms with Gasteiger partial charge in [0.2, 0.25) is 11.7 Å². The Morgan fingerprint density at radius 1 is 1.38 bits per heavy atom. The number of carbonyl (C=O) groups is 1. The molecule has 1 saturated heterocycles. The summed E-state index contributed by atoms with van der Waals surface area (Å²) in [6.45, 7) is 11.4. The van der Waals surface area contributed by atoms with Crippen LogP contribution in [-0.2, 0) is 11.3 Å². The topological polar surface area (TPSA) is 84.5 Å². The largest absolute Gasteiger partial charge is 0.354 e. The zero-order valence-corrected chi connectivity index (χ0v) is 19.5. The Hall–Kier alpha value is -2.65. The van der Waals surface area contributed by atoms with Crippen LogP contribution < -0.4 is 10.9 Å². The molecular formula is C23H30N6O2S. The number of amides is 1. The molecule has 1 aliphatic rings. The first-order chi connectivity index (χ1) is 15.5. The Balaban J connectivity index is 1.47. The average molecular weight is 455 g/mol. The molecule has 2 atom stereocenters. The predicted octanol–water partition coefficient (Wildman–Crippen LogP) is 2.56. The van der Waals surface area contributed by atoms with Crippen LogP contribution in [0.25, 0.3) is 16.7 Å². The molecule has 0 spiro atoms. The van der Waals surface area contributed by atoms with Crippen LogP contribution in [0.5, 0.6) is 0 Å². The minimum atomic E-state index is -0.129. The van der Waals surface area contributed by atoms with E-state index in [9.17, 15) is 9.59 Å². The van der Waals surface area contributed by atoms with Crippen molar-refractivity contribution in [2.45, 2.75) is 44.4 Å². The number of aromatic nitrogens is 4. The van der Waals surface area contributed by atoms with Gasteiger partial charge in [-0.3, -0.25) is 23.5 Å². The molecular weight excluding hydrogens is 424 g/mol. The van der Waals surface area contributed by atoms with E-state index >= 15 is 0 Å². The number of fused-ring (bicyclic) bond motifs is 3. The summed E-state index contributed by atoms with van der Waals surface area (Å²) in [5, 5.41) is 12.7. The Morgan fingerprint density at radius 3 is 2.97 bits per heavy atom. The van der Waals surface area contributed by atoms with Crippen LogP contribution in [0.1, 0.15) is 26.7 Å². The highest BCUT2D eigenvalue weighted by Gasteiger charge is 2.21. The molecule has 0 saturated carbocycles. The van der Waals surface area contributed by atoms with Gasteiger partial charge in [0.25, 0.3) is 5.56 Å². The number of thioether (sulfide) groups is 1. The number of benzene rings is 1. The molecule has 8 nitrogen and oxygen atoms in total. The molecule has 2 aromatic heterocycles. The molecule has 0 radical (unpaired) electrons. The van der Waals surface area contributed by atoms with Crippen molar-refractivity contribution in [1.82, 2.24) is 29.4 Å². The first-order valence-electron chi connectivity index (χ1n) is 11.1. The minimum Gasteiger partial charge on any atom is -0.354 e. The van der Waals surface area contributed by atoms with Crippen LogP contribution in [0.15, 0.2) is 46.9 Å². The van der Waals surface area contributed by atoms with Crippen LogP contribution in [0, 0.1) is 5.92 Å². The van der Waals surface area contributed by atoms with E-state index in [1.807, 2.05) is 22.6 Å². The third-order valence-electron chi connectivity index (χ3n) is 6.03. The zero-order valence-electron chi connectivity index (χ0n) is 18.7. The second-order valence-electron chi connectivity index (χ2n) is 8.52. The molecule has 9 heteroatoms. The summed E-state index contributed by atoms with van der Waals surface area (Å²) in [6, 6.07) is 7.70. The molecule has 1 fully saturated rings. The number of piperidine rings is 1. The first-order valence-corrected chi connectivity index (χ1v) is 12.1. The molecule has 3 aromatic rings. The van der Waals surface area contributed by atoms with Crippen molar-refractivity contribution >= 4 is 34.3 Å². The van der Waals surface area contributed by atoms with Crippen LogP contribution in [-0.4, -0.2) is 61.4 Å². The van der Waals surface area contributed by atoms with Gasteiger partial charge in [-0.25, -0.2) is 0 Å². The van der Waals surface area contributed by atoms with Gasteiger partial charge in [0.05, 0.1) is 16.7 Å². The fourth-order valence-electron chi connectivity index (χ4n) is 4.32. The molecule has 4 rings (SSSR count). The molecule has 1 N–H and O–H groups in total. The fraction of sp³-hybridized carbons (Fsp3) is 0.478. The third kappa shape index (κ3) is 4.59. The van der Waals surface area contributed by atoms with Crippen molar-refractivity contribution < 1.29 is 4.79 Å².